The van der Waals surface area contributed by atoms with E-state index < -0.39 is 12.3 Å². The number of alkyl halides is 2. The smallest absolute Gasteiger partial charge is 0.155 e. The fourth-order valence-electron chi connectivity index (χ4n) is 0.306. The number of hydrogen-bond acceptors (Lipinski definition) is 0. The minimum Gasteiger partial charge on any atom is -0.239 e. The van der Waals surface area contributed by atoms with E-state index in [1.54, 1.807) is 0 Å². The average Bonchev–Trinajstić information content (AvgIpc) is 1.87. The van der Waals surface area contributed by atoms with Gasteiger partial charge in [0.05, 0.1) is 6.33 Å². The van der Waals surface area contributed by atoms with E-state index >= 15 is 0 Å². The lowest BCUT2D eigenvalue weighted by Crippen LogP contribution is -2.10. The predicted octanol–water partition coefficient (Wildman–Crippen LogP) is 2.33. The van der Waals surface area contributed by atoms with Crippen molar-refractivity contribution in [2.45, 2.75) is 12.3 Å². The molecule has 0 nitrogen and oxygen atoms in total. The van der Waals surface area contributed by atoms with Crippen molar-refractivity contribution < 1.29 is 13.2 Å². The molecule has 0 N–H and O–H groups in total. The van der Waals surface area contributed by atoms with Crippen LogP contribution in [0, 0.1) is 0 Å². The van der Waals surface area contributed by atoms with Gasteiger partial charge < -0.3 is 0 Å². The van der Waals surface area contributed by atoms with Crippen LogP contribution >= 0.6 is 0 Å². The van der Waals surface area contributed by atoms with Crippen molar-refractivity contribution in [1.29, 1.82) is 0 Å². The molecular weight excluding hydrogens is 129 g/mol. The first-order valence-corrected chi connectivity index (χ1v) is 2.40. The van der Waals surface area contributed by atoms with Crippen molar-refractivity contribution in [2.75, 3.05) is 0 Å². The van der Waals surface area contributed by atoms with Crippen LogP contribution in [0.2, 0.25) is 0 Å². The third-order valence-corrected chi connectivity index (χ3v) is 0.786. The number of allylic oxidation sites excluding steroid dienone is 2. The van der Waals surface area contributed by atoms with Gasteiger partial charge in [0.2, 0.25) is 0 Å². The summed E-state index contributed by atoms with van der Waals surface area (Å²) in [5, 5.41) is 0. The normalized spacial score (nSPS) is 17.7. The molecule has 0 aromatic rings. The fraction of sp³-hybridized carbons (Fsp3) is 0.333. The highest BCUT2D eigenvalue weighted by Gasteiger charge is 2.12. The van der Waals surface area contributed by atoms with Gasteiger partial charge in [0.15, 0.2) is 12.3 Å². The van der Waals surface area contributed by atoms with Gasteiger partial charge in [-0.1, -0.05) is 6.08 Å². The van der Waals surface area contributed by atoms with Crippen LogP contribution in [0.15, 0.2) is 25.1 Å². The van der Waals surface area contributed by atoms with Crippen molar-refractivity contribution in [3.8, 4) is 0 Å². The average molecular weight is 136 g/mol. The van der Waals surface area contributed by atoms with Crippen molar-refractivity contribution in [2.24, 2.45) is 0 Å². The zero-order chi connectivity index (χ0) is 7.28. The maximum atomic E-state index is 12.0. The molecule has 9 heavy (non-hydrogen) atoms. The largest absolute Gasteiger partial charge is 0.239 e. The predicted molar refractivity (Wildman–Crippen MR) is 30.2 cm³/mol. The van der Waals surface area contributed by atoms with Crippen LogP contribution in [0.4, 0.5) is 13.2 Å². The molecule has 0 fully saturated rings. The highest BCUT2D eigenvalue weighted by molar-refractivity contribution is 4.95. The highest BCUT2D eigenvalue weighted by atomic mass is 19.2. The molecule has 52 valence electrons. The molecule has 3 heteroatoms. The first-order valence-electron chi connectivity index (χ1n) is 2.40. The molecule has 0 bridgehead atoms. The van der Waals surface area contributed by atoms with Crippen LogP contribution in [0.5, 0.6) is 0 Å². The van der Waals surface area contributed by atoms with E-state index in [2.05, 4.69) is 6.58 Å². The van der Waals surface area contributed by atoms with Gasteiger partial charge in [0.1, 0.15) is 0 Å². The topological polar surface area (TPSA) is 0 Å². The number of halogens is 3. The SMILES string of the molecule is C=CC(F)C(F)C=CF. The van der Waals surface area contributed by atoms with Crippen molar-refractivity contribution in [3.05, 3.63) is 25.1 Å². The van der Waals surface area contributed by atoms with E-state index in [9.17, 15) is 13.2 Å². The van der Waals surface area contributed by atoms with E-state index in [4.69, 9.17) is 0 Å². The molecule has 2 atom stereocenters. The van der Waals surface area contributed by atoms with Crippen molar-refractivity contribution in [1.82, 2.24) is 0 Å². The Morgan fingerprint density at radius 3 is 2.11 bits per heavy atom. The highest BCUT2D eigenvalue weighted by Crippen LogP contribution is 2.05. The zero-order valence-electron chi connectivity index (χ0n) is 4.73. The Labute approximate surface area is 51.7 Å². The van der Waals surface area contributed by atoms with Gasteiger partial charge in [-0.3, -0.25) is 0 Å². The first-order chi connectivity index (χ1) is 4.22. The van der Waals surface area contributed by atoms with E-state index in [0.29, 0.717) is 6.08 Å². The molecule has 0 amide bonds. The molecule has 0 heterocycles. The van der Waals surface area contributed by atoms with Gasteiger partial charge >= 0.3 is 0 Å². The van der Waals surface area contributed by atoms with Gasteiger partial charge in [-0.15, -0.1) is 6.58 Å². The molecule has 0 saturated heterocycles. The zero-order valence-corrected chi connectivity index (χ0v) is 4.73. The van der Waals surface area contributed by atoms with Crippen LogP contribution in [0.1, 0.15) is 0 Å². The fourth-order valence-corrected chi connectivity index (χ4v) is 0.306. The summed E-state index contributed by atoms with van der Waals surface area (Å²) in [5.41, 5.74) is 0. The molecule has 0 aliphatic heterocycles. The molecule has 0 aliphatic carbocycles. The molecule has 0 rings (SSSR count). The van der Waals surface area contributed by atoms with Gasteiger partial charge in [0, 0.05) is 0 Å². The van der Waals surface area contributed by atoms with Gasteiger partial charge in [-0.25, -0.2) is 13.2 Å². The number of hydrogen-bond donors (Lipinski definition) is 0. The third-order valence-electron chi connectivity index (χ3n) is 0.786. The summed E-state index contributed by atoms with van der Waals surface area (Å²) < 4.78 is 35.1. The molecule has 2 unspecified atom stereocenters. The molecule has 0 aromatic carbocycles. The summed E-state index contributed by atoms with van der Waals surface area (Å²) >= 11 is 0. The molecular formula is C6H7F3. The van der Waals surface area contributed by atoms with Crippen LogP contribution in [-0.4, -0.2) is 12.3 Å². The Morgan fingerprint density at radius 1 is 1.22 bits per heavy atom. The lowest BCUT2D eigenvalue weighted by atomic mass is 10.2. The Balaban J connectivity index is 3.71. The van der Waals surface area contributed by atoms with Gasteiger partial charge in [0.25, 0.3) is 0 Å². The lowest BCUT2D eigenvalue weighted by molar-refractivity contribution is 0.246. The summed E-state index contributed by atoms with van der Waals surface area (Å²) in [6.07, 6.45) is -2.47. The number of rotatable bonds is 3. The van der Waals surface area contributed by atoms with E-state index in [0.717, 1.165) is 6.08 Å². The molecule has 0 aromatic heterocycles. The summed E-state index contributed by atoms with van der Waals surface area (Å²) in [7, 11) is 0. The van der Waals surface area contributed by atoms with E-state index in [1.165, 1.54) is 0 Å². The third kappa shape index (κ3) is 2.95. The second-order valence-corrected chi connectivity index (χ2v) is 1.44. The van der Waals surface area contributed by atoms with Crippen molar-refractivity contribution in [3.63, 3.8) is 0 Å². The Bertz CT molecular complexity index is 109. The standard InChI is InChI=1S/C6H7F3/c1-2-5(8)6(9)3-4-7/h2-6H,1H2. The summed E-state index contributed by atoms with van der Waals surface area (Å²) in [5.74, 6) is 0. The summed E-state index contributed by atoms with van der Waals surface area (Å²) in [4.78, 5) is 0. The minimum absolute atomic E-state index is 0.0270. The maximum absolute atomic E-state index is 12.0. The Kier molecular flexibility index (Phi) is 3.84. The Morgan fingerprint density at radius 2 is 1.78 bits per heavy atom. The van der Waals surface area contributed by atoms with Crippen LogP contribution < -0.4 is 0 Å². The second-order valence-electron chi connectivity index (χ2n) is 1.44. The molecule has 0 aliphatic rings. The van der Waals surface area contributed by atoms with Crippen LogP contribution in [0.25, 0.3) is 0 Å². The van der Waals surface area contributed by atoms with Crippen LogP contribution in [0.3, 0.4) is 0 Å². The van der Waals surface area contributed by atoms with Gasteiger partial charge in [-0.2, -0.15) is 0 Å². The maximum Gasteiger partial charge on any atom is 0.155 e. The monoisotopic (exact) mass is 136 g/mol. The molecule has 0 radical (unpaired) electrons. The Hall–Kier alpha value is -0.730. The van der Waals surface area contributed by atoms with E-state index in [-0.39, 0.29) is 6.33 Å². The first kappa shape index (κ1) is 8.27. The molecule has 0 spiro atoms. The quantitative estimate of drug-likeness (QED) is 0.522. The van der Waals surface area contributed by atoms with Crippen molar-refractivity contribution >= 4 is 0 Å². The minimum atomic E-state index is -1.91. The molecule has 0 saturated carbocycles. The lowest BCUT2D eigenvalue weighted by Gasteiger charge is -2.01. The van der Waals surface area contributed by atoms with E-state index in [1.807, 2.05) is 0 Å². The summed E-state index contributed by atoms with van der Waals surface area (Å²) in [6.45, 7) is 2.99. The second kappa shape index (κ2) is 4.18. The summed E-state index contributed by atoms with van der Waals surface area (Å²) in [6, 6.07) is 0. The van der Waals surface area contributed by atoms with Crippen LogP contribution in [-0.2, 0) is 0 Å². The van der Waals surface area contributed by atoms with Gasteiger partial charge in [-0.05, 0) is 6.08 Å².